The highest BCUT2D eigenvalue weighted by Gasteiger charge is 2.07. The molecular formula is C18H18N4OS. The molecule has 122 valence electrons. The van der Waals surface area contributed by atoms with Crippen molar-refractivity contribution in [1.82, 2.24) is 10.2 Å². The number of benzene rings is 1. The number of thiophene rings is 1. The zero-order valence-electron chi connectivity index (χ0n) is 13.1. The lowest BCUT2D eigenvalue weighted by atomic mass is 10.1. The van der Waals surface area contributed by atoms with E-state index in [9.17, 15) is 4.79 Å². The van der Waals surface area contributed by atoms with Crippen LogP contribution in [0.25, 0.3) is 0 Å². The summed E-state index contributed by atoms with van der Waals surface area (Å²) < 4.78 is 0. The number of anilines is 2. The number of amides is 1. The Morgan fingerprint density at radius 3 is 2.46 bits per heavy atom. The standard InChI is InChI=1S/C18H18N4OS/c23-18(15-9-5-13-24-15)20-17-11-10-16(21-22-17)19-12-4-8-14-6-2-1-3-7-14/h1-3,5-7,9-11,13H,4,8,12H2,(H,19,21)(H,20,22,23). The van der Waals surface area contributed by atoms with Crippen molar-refractivity contribution in [3.05, 3.63) is 70.4 Å². The highest BCUT2D eigenvalue weighted by atomic mass is 32.1. The largest absolute Gasteiger partial charge is 0.369 e. The van der Waals surface area contributed by atoms with Crippen LogP contribution in [-0.4, -0.2) is 22.6 Å². The number of hydrogen-bond acceptors (Lipinski definition) is 5. The molecule has 1 amide bonds. The highest BCUT2D eigenvalue weighted by Crippen LogP contribution is 2.12. The first-order valence-corrected chi connectivity index (χ1v) is 8.65. The molecule has 0 fully saturated rings. The monoisotopic (exact) mass is 338 g/mol. The number of hydrogen-bond donors (Lipinski definition) is 2. The lowest BCUT2D eigenvalue weighted by Crippen LogP contribution is -2.12. The van der Waals surface area contributed by atoms with Gasteiger partial charge < -0.3 is 10.6 Å². The Bertz CT molecular complexity index is 757. The molecule has 2 heterocycles. The van der Waals surface area contributed by atoms with Gasteiger partial charge in [0.15, 0.2) is 5.82 Å². The van der Waals surface area contributed by atoms with Crippen molar-refractivity contribution < 1.29 is 4.79 Å². The predicted molar refractivity (Wildman–Crippen MR) is 97.6 cm³/mol. The third-order valence-electron chi connectivity index (χ3n) is 3.44. The predicted octanol–water partition coefficient (Wildman–Crippen LogP) is 3.84. The van der Waals surface area contributed by atoms with Gasteiger partial charge in [-0.25, -0.2) is 0 Å². The highest BCUT2D eigenvalue weighted by molar-refractivity contribution is 7.12. The van der Waals surface area contributed by atoms with Crippen LogP contribution in [0.4, 0.5) is 11.6 Å². The summed E-state index contributed by atoms with van der Waals surface area (Å²) in [5.74, 6) is 0.989. The fourth-order valence-electron chi connectivity index (χ4n) is 2.23. The van der Waals surface area contributed by atoms with Crippen molar-refractivity contribution in [3.63, 3.8) is 0 Å². The van der Waals surface area contributed by atoms with Crippen LogP contribution in [0, 0.1) is 0 Å². The van der Waals surface area contributed by atoms with Crippen molar-refractivity contribution in [2.75, 3.05) is 17.2 Å². The number of aryl methyl sites for hydroxylation is 1. The third kappa shape index (κ3) is 4.63. The number of nitrogens with zero attached hydrogens (tertiary/aromatic N) is 2. The molecule has 6 heteroatoms. The fourth-order valence-corrected chi connectivity index (χ4v) is 2.85. The van der Waals surface area contributed by atoms with Crippen LogP contribution >= 0.6 is 11.3 Å². The summed E-state index contributed by atoms with van der Waals surface area (Å²) in [6.07, 6.45) is 2.04. The molecule has 2 N–H and O–H groups in total. The molecule has 1 aromatic carbocycles. The molecule has 3 aromatic rings. The molecule has 0 radical (unpaired) electrons. The fraction of sp³-hybridized carbons (Fsp3) is 0.167. The smallest absolute Gasteiger partial charge is 0.266 e. The molecule has 5 nitrogen and oxygen atoms in total. The maximum absolute atomic E-state index is 11.9. The van der Waals surface area contributed by atoms with Gasteiger partial charge in [0, 0.05) is 6.54 Å². The van der Waals surface area contributed by atoms with Crippen LogP contribution in [-0.2, 0) is 6.42 Å². The minimum Gasteiger partial charge on any atom is -0.369 e. The van der Waals surface area contributed by atoms with Gasteiger partial charge in [0.05, 0.1) is 4.88 Å². The molecule has 2 aromatic heterocycles. The summed E-state index contributed by atoms with van der Waals surface area (Å²) in [5.41, 5.74) is 1.33. The van der Waals surface area contributed by atoms with E-state index in [1.807, 2.05) is 23.6 Å². The van der Waals surface area contributed by atoms with Gasteiger partial charge in [-0.15, -0.1) is 21.5 Å². The van der Waals surface area contributed by atoms with E-state index in [1.165, 1.54) is 16.9 Å². The van der Waals surface area contributed by atoms with E-state index in [-0.39, 0.29) is 5.91 Å². The van der Waals surface area contributed by atoms with Crippen molar-refractivity contribution >= 4 is 28.9 Å². The average molecular weight is 338 g/mol. The minimum absolute atomic E-state index is 0.164. The van der Waals surface area contributed by atoms with Crippen LogP contribution < -0.4 is 10.6 Å². The summed E-state index contributed by atoms with van der Waals surface area (Å²) in [6, 6.07) is 17.6. The van der Waals surface area contributed by atoms with E-state index in [2.05, 4.69) is 45.1 Å². The van der Waals surface area contributed by atoms with Gasteiger partial charge in [0.2, 0.25) is 0 Å². The summed E-state index contributed by atoms with van der Waals surface area (Å²) in [5, 5.41) is 15.9. The van der Waals surface area contributed by atoms with Crippen molar-refractivity contribution in [3.8, 4) is 0 Å². The molecule has 0 aliphatic rings. The second-order valence-corrected chi connectivity index (χ2v) is 6.20. The molecule has 0 aliphatic heterocycles. The normalized spacial score (nSPS) is 10.3. The molecule has 0 saturated heterocycles. The van der Waals surface area contributed by atoms with E-state index < -0.39 is 0 Å². The minimum atomic E-state index is -0.164. The van der Waals surface area contributed by atoms with Gasteiger partial charge in [0.25, 0.3) is 5.91 Å². The molecule has 0 bridgehead atoms. The van der Waals surface area contributed by atoms with E-state index >= 15 is 0 Å². The zero-order chi connectivity index (χ0) is 16.6. The van der Waals surface area contributed by atoms with Gasteiger partial charge in [-0.1, -0.05) is 36.4 Å². The number of rotatable bonds is 7. The lowest BCUT2D eigenvalue weighted by molar-refractivity contribution is 0.103. The van der Waals surface area contributed by atoms with Crippen molar-refractivity contribution in [2.45, 2.75) is 12.8 Å². The van der Waals surface area contributed by atoms with Gasteiger partial charge in [-0.2, -0.15) is 0 Å². The third-order valence-corrected chi connectivity index (χ3v) is 4.31. The van der Waals surface area contributed by atoms with Gasteiger partial charge in [-0.3, -0.25) is 4.79 Å². The summed E-state index contributed by atoms with van der Waals surface area (Å²) >= 11 is 1.39. The van der Waals surface area contributed by atoms with Crippen LogP contribution in [0.5, 0.6) is 0 Å². The molecule has 0 aliphatic carbocycles. The van der Waals surface area contributed by atoms with Gasteiger partial charge in [0.1, 0.15) is 5.82 Å². The van der Waals surface area contributed by atoms with E-state index in [1.54, 1.807) is 12.1 Å². The summed E-state index contributed by atoms with van der Waals surface area (Å²) in [4.78, 5) is 12.6. The number of carbonyl (C=O) groups excluding carboxylic acids is 1. The maximum atomic E-state index is 11.9. The first kappa shape index (κ1) is 16.1. The molecule has 0 saturated carbocycles. The second kappa shape index (κ2) is 8.21. The van der Waals surface area contributed by atoms with Crippen LogP contribution in [0.2, 0.25) is 0 Å². The van der Waals surface area contributed by atoms with Crippen LogP contribution in [0.15, 0.2) is 60.0 Å². The number of carbonyl (C=O) groups is 1. The van der Waals surface area contributed by atoms with Gasteiger partial charge >= 0.3 is 0 Å². The Balaban J connectivity index is 1.44. The second-order valence-electron chi connectivity index (χ2n) is 5.25. The van der Waals surface area contributed by atoms with E-state index in [4.69, 9.17) is 0 Å². The summed E-state index contributed by atoms with van der Waals surface area (Å²) in [7, 11) is 0. The molecule has 24 heavy (non-hydrogen) atoms. The van der Waals surface area contributed by atoms with Crippen LogP contribution in [0.3, 0.4) is 0 Å². The number of nitrogens with one attached hydrogen (secondary N) is 2. The molecule has 3 rings (SSSR count). The first-order chi connectivity index (χ1) is 11.8. The van der Waals surface area contributed by atoms with E-state index in [0.29, 0.717) is 16.5 Å². The molecular weight excluding hydrogens is 320 g/mol. The quantitative estimate of drug-likeness (QED) is 0.643. The van der Waals surface area contributed by atoms with Crippen molar-refractivity contribution in [2.24, 2.45) is 0 Å². The Morgan fingerprint density at radius 1 is 0.958 bits per heavy atom. The SMILES string of the molecule is O=C(Nc1ccc(NCCCc2ccccc2)nn1)c1cccs1. The Hall–Kier alpha value is -2.73. The Kier molecular flexibility index (Phi) is 5.52. The number of aromatic nitrogens is 2. The topological polar surface area (TPSA) is 66.9 Å². The summed E-state index contributed by atoms with van der Waals surface area (Å²) in [6.45, 7) is 0.824. The first-order valence-electron chi connectivity index (χ1n) is 7.77. The molecule has 0 spiro atoms. The van der Waals surface area contributed by atoms with E-state index in [0.717, 1.165) is 19.4 Å². The Morgan fingerprint density at radius 2 is 1.75 bits per heavy atom. The average Bonchev–Trinajstić information content (AvgIpc) is 3.16. The lowest BCUT2D eigenvalue weighted by Gasteiger charge is -2.06. The van der Waals surface area contributed by atoms with Gasteiger partial charge in [-0.05, 0) is 42.0 Å². The maximum Gasteiger partial charge on any atom is 0.266 e. The zero-order valence-corrected chi connectivity index (χ0v) is 13.9. The van der Waals surface area contributed by atoms with Crippen LogP contribution in [0.1, 0.15) is 21.7 Å². The Labute approximate surface area is 144 Å². The molecule has 0 atom stereocenters. The van der Waals surface area contributed by atoms with Crippen molar-refractivity contribution in [1.29, 1.82) is 0 Å². The molecule has 0 unspecified atom stereocenters.